The first-order chi connectivity index (χ1) is 34.1. The van der Waals surface area contributed by atoms with Crippen LogP contribution in [0.25, 0.3) is 0 Å². The van der Waals surface area contributed by atoms with E-state index >= 15 is 0 Å². The molecule has 2 rings (SSSR count). The zero-order chi connectivity index (χ0) is 50.9. The predicted molar refractivity (Wildman–Crippen MR) is 297 cm³/mol. The largest absolute Gasteiger partial charge is 0.468 e. The standard InChI is InChI=1S/C59H110N2O8S/c1-5-7-9-11-13-15-17-19-20-21-22-23-24-25-26-27-28-29-30-32-34-36-38-40-45-60-50(54(63)51(62)44-39-37-35-33-31-18-16-14-12-10-8-6-2)46-67-58-57(66)56(65)55(64)52(69-58)47-68-59(70)61-53-48(3)42-41-43-49(53)4/h41-43,50-52,54-58,60,62-66H,5-40,44-47H2,1-4H3,(H,61,70)/t50-,51+,52+,54-,55-,56-,57+,58+/m0/s1. The summed E-state index contributed by atoms with van der Waals surface area (Å²) in [4.78, 5) is 0. The van der Waals surface area contributed by atoms with E-state index < -0.39 is 49.0 Å². The van der Waals surface area contributed by atoms with Gasteiger partial charge in [-0.25, -0.2) is 0 Å². The van der Waals surface area contributed by atoms with Crippen LogP contribution in [0.1, 0.15) is 263 Å². The monoisotopic (exact) mass is 1010 g/mol. The SMILES string of the molecule is CCCCCCCCCCCCCCCCCCCCCCCCCCN[C@@H](CO[C@@H]1O[C@H](COC(=S)Nc2c(C)cccc2C)[C@H](O)[C@H](O)[C@H]1O)[C@H](O)[C@H](O)CCCCCCCCCCCCCC. The molecule has 70 heavy (non-hydrogen) atoms. The zero-order valence-corrected chi connectivity index (χ0v) is 46.3. The minimum atomic E-state index is -1.56. The van der Waals surface area contributed by atoms with Gasteiger partial charge in [0.05, 0.1) is 24.9 Å². The Morgan fingerprint density at radius 1 is 0.557 bits per heavy atom. The number of rotatable bonds is 47. The first-order valence-corrected chi connectivity index (χ1v) is 29.9. The number of aliphatic hydroxyl groups is 5. The number of hydrogen-bond acceptors (Lipinski definition) is 10. The summed E-state index contributed by atoms with van der Waals surface area (Å²) in [5.41, 5.74) is 2.83. The molecule has 0 bridgehead atoms. The van der Waals surface area contributed by atoms with Crippen molar-refractivity contribution in [1.29, 1.82) is 0 Å². The third-order valence-electron chi connectivity index (χ3n) is 14.8. The predicted octanol–water partition coefficient (Wildman–Crippen LogP) is 14.0. The lowest BCUT2D eigenvalue weighted by molar-refractivity contribution is -0.302. The highest BCUT2D eigenvalue weighted by molar-refractivity contribution is 7.80. The molecule has 0 amide bonds. The molecule has 1 aromatic rings. The Hall–Kier alpha value is -1.41. The van der Waals surface area contributed by atoms with Gasteiger partial charge in [0.2, 0.25) is 0 Å². The molecule has 0 aliphatic carbocycles. The summed E-state index contributed by atoms with van der Waals surface area (Å²) in [6, 6.07) is 5.25. The van der Waals surface area contributed by atoms with Gasteiger partial charge in [-0.15, -0.1) is 0 Å². The maximum Gasteiger partial charge on any atom is 0.261 e. The highest BCUT2D eigenvalue weighted by Gasteiger charge is 2.45. The van der Waals surface area contributed by atoms with Crippen LogP contribution in [0.5, 0.6) is 0 Å². The van der Waals surface area contributed by atoms with E-state index in [1.165, 1.54) is 199 Å². The number of thiocarbonyl (C=S) groups is 1. The van der Waals surface area contributed by atoms with E-state index in [4.69, 9.17) is 26.4 Å². The normalized spacial score (nSPS) is 19.6. The van der Waals surface area contributed by atoms with Gasteiger partial charge >= 0.3 is 0 Å². The molecule has 1 saturated heterocycles. The highest BCUT2D eigenvalue weighted by Crippen LogP contribution is 2.25. The molecule has 10 nitrogen and oxygen atoms in total. The number of hydrogen-bond donors (Lipinski definition) is 7. The van der Waals surface area contributed by atoms with Crippen molar-refractivity contribution in [2.75, 3.05) is 25.1 Å². The zero-order valence-electron chi connectivity index (χ0n) is 45.5. The van der Waals surface area contributed by atoms with E-state index in [1.807, 2.05) is 32.0 Å². The first kappa shape index (κ1) is 64.7. The van der Waals surface area contributed by atoms with Crippen LogP contribution in [0.2, 0.25) is 0 Å². The number of unbranched alkanes of at least 4 members (excludes halogenated alkanes) is 34. The van der Waals surface area contributed by atoms with Gasteiger partial charge in [-0.2, -0.15) is 0 Å². The van der Waals surface area contributed by atoms with Crippen molar-refractivity contribution in [3.05, 3.63) is 29.3 Å². The molecular weight excluding hydrogens is 897 g/mol. The summed E-state index contributed by atoms with van der Waals surface area (Å²) in [7, 11) is 0. The Morgan fingerprint density at radius 2 is 0.943 bits per heavy atom. The summed E-state index contributed by atoms with van der Waals surface area (Å²) in [6.07, 6.45) is 38.6. The van der Waals surface area contributed by atoms with E-state index in [0.29, 0.717) is 13.0 Å². The molecule has 11 heteroatoms. The van der Waals surface area contributed by atoms with E-state index in [1.54, 1.807) is 0 Å². The van der Waals surface area contributed by atoms with Crippen LogP contribution in [0, 0.1) is 13.8 Å². The molecule has 8 atom stereocenters. The summed E-state index contributed by atoms with van der Waals surface area (Å²) in [5, 5.41) is 61.8. The van der Waals surface area contributed by atoms with Gasteiger partial charge in [0.1, 0.15) is 31.0 Å². The fraction of sp³-hybridized carbons (Fsp3) is 0.881. The number of ether oxygens (including phenoxy) is 3. The highest BCUT2D eigenvalue weighted by atomic mass is 32.1. The lowest BCUT2D eigenvalue weighted by Gasteiger charge is -2.40. The van der Waals surface area contributed by atoms with Gasteiger partial charge in [-0.1, -0.05) is 257 Å². The van der Waals surface area contributed by atoms with Crippen molar-refractivity contribution in [3.63, 3.8) is 0 Å². The topological polar surface area (TPSA) is 153 Å². The van der Waals surface area contributed by atoms with Crippen LogP contribution >= 0.6 is 12.2 Å². The Labute approximate surface area is 435 Å². The molecule has 1 aromatic carbocycles. The minimum Gasteiger partial charge on any atom is -0.468 e. The molecular formula is C59H110N2O8S. The lowest BCUT2D eigenvalue weighted by Crippen LogP contribution is -2.60. The summed E-state index contributed by atoms with van der Waals surface area (Å²) in [5.74, 6) is 0. The average molecular weight is 1010 g/mol. The number of benzene rings is 1. The van der Waals surface area contributed by atoms with Crippen molar-refractivity contribution in [1.82, 2.24) is 5.32 Å². The Bertz CT molecular complexity index is 1340. The molecule has 0 aromatic heterocycles. The van der Waals surface area contributed by atoms with Crippen molar-refractivity contribution in [3.8, 4) is 0 Å². The number of anilines is 1. The summed E-state index contributed by atoms with van der Waals surface area (Å²) in [6.45, 7) is 8.85. The van der Waals surface area contributed by atoms with Crippen molar-refractivity contribution >= 4 is 23.1 Å². The lowest BCUT2D eigenvalue weighted by atomic mass is 9.98. The van der Waals surface area contributed by atoms with Crippen LogP contribution in [0.3, 0.4) is 0 Å². The molecule has 1 aliphatic heterocycles. The van der Waals surface area contributed by atoms with Crippen LogP contribution in [0.4, 0.5) is 5.69 Å². The van der Waals surface area contributed by atoms with Crippen molar-refractivity contribution < 1.29 is 39.7 Å². The Kier molecular flexibility index (Phi) is 40.6. The number of nitrogens with one attached hydrogen (secondary N) is 2. The van der Waals surface area contributed by atoms with Crippen LogP contribution < -0.4 is 10.6 Å². The van der Waals surface area contributed by atoms with Crippen LogP contribution in [-0.4, -0.2) is 99.4 Å². The first-order valence-electron chi connectivity index (χ1n) is 29.5. The summed E-state index contributed by atoms with van der Waals surface area (Å²) >= 11 is 5.42. The number of aliphatic hydroxyl groups excluding tert-OH is 5. The molecule has 1 fully saturated rings. The summed E-state index contributed by atoms with van der Waals surface area (Å²) < 4.78 is 17.8. The van der Waals surface area contributed by atoms with Gasteiger partial charge in [0.25, 0.3) is 5.17 Å². The fourth-order valence-corrected chi connectivity index (χ4v) is 10.2. The van der Waals surface area contributed by atoms with Crippen LogP contribution in [0.15, 0.2) is 18.2 Å². The van der Waals surface area contributed by atoms with Gasteiger partial charge in [-0.3, -0.25) is 0 Å². The molecule has 1 aliphatic rings. The second-order valence-electron chi connectivity index (χ2n) is 21.3. The van der Waals surface area contributed by atoms with E-state index in [9.17, 15) is 25.5 Å². The van der Waals surface area contributed by atoms with Gasteiger partial charge in [-0.05, 0) is 56.6 Å². The second kappa shape index (κ2) is 43.9. The number of para-hydroxylation sites is 1. The number of aryl methyl sites for hydroxylation is 2. The van der Waals surface area contributed by atoms with Gasteiger partial charge in [0, 0.05) is 5.69 Å². The fourth-order valence-electron chi connectivity index (χ4n) is 9.98. The molecule has 1 heterocycles. The Morgan fingerprint density at radius 3 is 1.36 bits per heavy atom. The molecule has 0 spiro atoms. The Balaban J connectivity index is 1.70. The van der Waals surface area contributed by atoms with Crippen LogP contribution in [-0.2, 0) is 14.2 Å². The quantitative estimate of drug-likeness (QED) is 0.0247. The molecule has 7 N–H and O–H groups in total. The van der Waals surface area contributed by atoms with Gasteiger partial charge < -0.3 is 50.4 Å². The smallest absolute Gasteiger partial charge is 0.261 e. The molecule has 0 unspecified atom stereocenters. The van der Waals surface area contributed by atoms with E-state index in [2.05, 4.69) is 24.5 Å². The molecule has 0 saturated carbocycles. The maximum absolute atomic E-state index is 11.5. The third kappa shape index (κ3) is 31.4. The minimum absolute atomic E-state index is 0.0826. The van der Waals surface area contributed by atoms with Crippen molar-refractivity contribution in [2.45, 2.75) is 314 Å². The molecule has 0 radical (unpaired) electrons. The van der Waals surface area contributed by atoms with E-state index in [0.717, 1.165) is 48.9 Å². The second-order valence-corrected chi connectivity index (χ2v) is 21.6. The third-order valence-corrected chi connectivity index (χ3v) is 15.0. The van der Waals surface area contributed by atoms with Crippen molar-refractivity contribution in [2.24, 2.45) is 0 Å². The van der Waals surface area contributed by atoms with E-state index in [-0.39, 0.29) is 18.4 Å². The molecule has 410 valence electrons. The maximum atomic E-state index is 11.5. The average Bonchev–Trinajstić information content (AvgIpc) is 3.35. The van der Waals surface area contributed by atoms with Gasteiger partial charge in [0.15, 0.2) is 6.29 Å².